The minimum absolute atomic E-state index is 0. The Morgan fingerprint density at radius 2 is 2.12 bits per heavy atom. The van der Waals surface area contributed by atoms with E-state index in [2.05, 4.69) is 15.4 Å². The molecule has 0 bridgehead atoms. The minimum Gasteiger partial charge on any atom is -0.353 e. The number of non-ortho nitro benzene ring substituents is 1. The van der Waals surface area contributed by atoms with Gasteiger partial charge >= 0.3 is 0 Å². The minimum atomic E-state index is -3.85. The van der Waals surface area contributed by atoms with Crippen molar-refractivity contribution in [3.63, 3.8) is 0 Å². The molecule has 1 aromatic carbocycles. The summed E-state index contributed by atoms with van der Waals surface area (Å²) in [5.74, 6) is -0.156. The van der Waals surface area contributed by atoms with E-state index in [-0.39, 0.29) is 48.0 Å². The van der Waals surface area contributed by atoms with Crippen LogP contribution in [0, 0.1) is 10.1 Å². The number of hydrogen-bond acceptors (Lipinski definition) is 6. The van der Waals surface area contributed by atoms with Gasteiger partial charge in [-0.1, -0.05) is 6.07 Å². The number of nitrogens with zero attached hydrogens (tertiary/aromatic N) is 1. The van der Waals surface area contributed by atoms with Gasteiger partial charge in [-0.15, -0.1) is 12.4 Å². The Bertz CT molecular complexity index is 691. The van der Waals surface area contributed by atoms with Gasteiger partial charge in [-0.05, 0) is 25.5 Å². The summed E-state index contributed by atoms with van der Waals surface area (Å²) < 4.78 is 26.4. The highest BCUT2D eigenvalue weighted by molar-refractivity contribution is 7.89. The first-order valence-electron chi connectivity index (χ1n) is 7.15. The zero-order valence-electron chi connectivity index (χ0n) is 12.7. The Morgan fingerprint density at radius 3 is 2.75 bits per heavy atom. The Balaban J connectivity index is 0.00000288. The van der Waals surface area contributed by atoms with E-state index in [4.69, 9.17) is 0 Å². The molecule has 24 heavy (non-hydrogen) atoms. The van der Waals surface area contributed by atoms with Crippen molar-refractivity contribution in [3.05, 3.63) is 34.4 Å². The molecule has 11 heteroatoms. The topological polar surface area (TPSA) is 130 Å². The van der Waals surface area contributed by atoms with Crippen molar-refractivity contribution in [1.82, 2.24) is 15.4 Å². The highest BCUT2D eigenvalue weighted by atomic mass is 35.5. The molecule has 1 fully saturated rings. The van der Waals surface area contributed by atoms with Crippen LogP contribution in [0.4, 0.5) is 5.69 Å². The van der Waals surface area contributed by atoms with Crippen LogP contribution >= 0.6 is 12.4 Å². The summed E-state index contributed by atoms with van der Waals surface area (Å²) in [7, 11) is -3.85. The maximum absolute atomic E-state index is 12.0. The van der Waals surface area contributed by atoms with E-state index < -0.39 is 14.9 Å². The van der Waals surface area contributed by atoms with E-state index in [1.54, 1.807) is 0 Å². The summed E-state index contributed by atoms with van der Waals surface area (Å²) in [6, 6.07) is 4.57. The number of nitro benzene ring substituents is 1. The van der Waals surface area contributed by atoms with Gasteiger partial charge < -0.3 is 10.6 Å². The molecule has 0 saturated carbocycles. The molecule has 0 aromatic heterocycles. The molecule has 1 aliphatic rings. The van der Waals surface area contributed by atoms with Gasteiger partial charge in [0.05, 0.1) is 15.9 Å². The summed E-state index contributed by atoms with van der Waals surface area (Å²) in [5.41, 5.74) is -0.298. The predicted octanol–water partition coefficient (Wildman–Crippen LogP) is 0.163. The number of amides is 1. The molecule has 0 spiro atoms. The third kappa shape index (κ3) is 5.41. The molecule has 1 heterocycles. The highest BCUT2D eigenvalue weighted by Gasteiger charge is 2.22. The first kappa shape index (κ1) is 20.3. The van der Waals surface area contributed by atoms with Crippen molar-refractivity contribution in [2.24, 2.45) is 0 Å². The molecule has 134 valence electrons. The third-order valence-corrected chi connectivity index (χ3v) is 4.89. The number of nitro groups is 1. The van der Waals surface area contributed by atoms with Gasteiger partial charge in [-0.3, -0.25) is 14.9 Å². The Morgan fingerprint density at radius 1 is 1.38 bits per heavy atom. The van der Waals surface area contributed by atoms with Crippen LogP contribution in [-0.2, 0) is 14.8 Å². The van der Waals surface area contributed by atoms with Gasteiger partial charge in [-0.25, -0.2) is 13.1 Å². The number of rotatable bonds is 7. The summed E-state index contributed by atoms with van der Waals surface area (Å²) in [6.07, 6.45) is 1.71. The van der Waals surface area contributed by atoms with Crippen LogP contribution in [0.15, 0.2) is 29.2 Å². The number of nitrogens with one attached hydrogen (secondary N) is 3. The number of carbonyl (C=O) groups excluding carboxylic acids is 1. The van der Waals surface area contributed by atoms with Gasteiger partial charge in [0, 0.05) is 25.2 Å². The maximum atomic E-state index is 12.0. The average Bonchev–Trinajstić information content (AvgIpc) is 3.06. The van der Waals surface area contributed by atoms with Crippen molar-refractivity contribution >= 4 is 34.0 Å². The summed E-state index contributed by atoms with van der Waals surface area (Å²) in [4.78, 5) is 21.6. The molecule has 0 aliphatic carbocycles. The van der Waals surface area contributed by atoms with Crippen molar-refractivity contribution in [2.45, 2.75) is 23.8 Å². The SMILES string of the molecule is Cl.O=C(NCCNS(=O)(=O)c1cccc([N+](=O)[O-])c1)C1CCCN1. The zero-order valence-corrected chi connectivity index (χ0v) is 14.4. The van der Waals surface area contributed by atoms with Crippen molar-refractivity contribution in [1.29, 1.82) is 0 Å². The monoisotopic (exact) mass is 378 g/mol. The van der Waals surface area contributed by atoms with Crippen LogP contribution in [0.2, 0.25) is 0 Å². The standard InChI is InChI=1S/C13H18N4O5S.ClH/c18-13(12-5-2-6-14-12)15-7-8-16-23(21,22)11-4-1-3-10(9-11)17(19)20;/h1,3-4,9,12,14,16H,2,5-8H2,(H,15,18);1H. The highest BCUT2D eigenvalue weighted by Crippen LogP contribution is 2.16. The van der Waals surface area contributed by atoms with Gasteiger partial charge in [0.15, 0.2) is 0 Å². The largest absolute Gasteiger partial charge is 0.353 e. The molecule has 0 radical (unpaired) electrons. The van der Waals surface area contributed by atoms with E-state index in [0.29, 0.717) is 0 Å². The first-order chi connectivity index (χ1) is 10.9. The van der Waals surface area contributed by atoms with Crippen LogP contribution in [0.5, 0.6) is 0 Å². The van der Waals surface area contributed by atoms with Crippen LogP contribution in [0.25, 0.3) is 0 Å². The van der Waals surface area contributed by atoms with E-state index >= 15 is 0 Å². The number of benzene rings is 1. The lowest BCUT2D eigenvalue weighted by Crippen LogP contribution is -2.43. The Kier molecular flexibility index (Phi) is 7.55. The van der Waals surface area contributed by atoms with Crippen LogP contribution < -0.4 is 15.4 Å². The van der Waals surface area contributed by atoms with Crippen LogP contribution in [0.1, 0.15) is 12.8 Å². The average molecular weight is 379 g/mol. The maximum Gasteiger partial charge on any atom is 0.270 e. The summed E-state index contributed by atoms with van der Waals surface area (Å²) >= 11 is 0. The fourth-order valence-corrected chi connectivity index (χ4v) is 3.32. The molecular formula is C13H19ClN4O5S. The second-order valence-corrected chi connectivity index (χ2v) is 6.86. The van der Waals surface area contributed by atoms with Crippen molar-refractivity contribution < 1.29 is 18.1 Å². The first-order valence-corrected chi connectivity index (χ1v) is 8.64. The fraction of sp³-hybridized carbons (Fsp3) is 0.462. The molecule has 9 nitrogen and oxygen atoms in total. The van der Waals surface area contributed by atoms with Gasteiger partial charge in [0.2, 0.25) is 15.9 Å². The Hall–Kier alpha value is -1.75. The van der Waals surface area contributed by atoms with Crippen molar-refractivity contribution in [2.75, 3.05) is 19.6 Å². The second-order valence-electron chi connectivity index (χ2n) is 5.09. The molecule has 2 rings (SSSR count). The predicted molar refractivity (Wildman–Crippen MR) is 89.6 cm³/mol. The quantitative estimate of drug-likeness (QED) is 0.352. The van der Waals surface area contributed by atoms with E-state index in [1.165, 1.54) is 18.2 Å². The number of hydrogen-bond donors (Lipinski definition) is 3. The smallest absolute Gasteiger partial charge is 0.270 e. The lowest BCUT2D eigenvalue weighted by Gasteiger charge is -2.11. The van der Waals surface area contributed by atoms with Crippen molar-refractivity contribution in [3.8, 4) is 0 Å². The lowest BCUT2D eigenvalue weighted by molar-refractivity contribution is -0.385. The molecule has 3 N–H and O–H groups in total. The number of sulfonamides is 1. The summed E-state index contributed by atoms with van der Waals surface area (Å²) in [5, 5.41) is 16.4. The molecule has 1 unspecified atom stereocenters. The molecule has 1 amide bonds. The fourth-order valence-electron chi connectivity index (χ4n) is 2.25. The van der Waals surface area contributed by atoms with Gasteiger partial charge in [0.25, 0.3) is 5.69 Å². The molecular weight excluding hydrogens is 360 g/mol. The van der Waals surface area contributed by atoms with E-state index in [9.17, 15) is 23.3 Å². The summed E-state index contributed by atoms with van der Waals surface area (Å²) in [6.45, 7) is 0.951. The Labute approximate surface area is 145 Å². The molecule has 1 saturated heterocycles. The van der Waals surface area contributed by atoms with Crippen LogP contribution in [0.3, 0.4) is 0 Å². The molecule has 1 aromatic rings. The lowest BCUT2D eigenvalue weighted by atomic mass is 10.2. The third-order valence-electron chi connectivity index (χ3n) is 3.43. The normalized spacial score (nSPS) is 17.1. The zero-order chi connectivity index (χ0) is 16.9. The van der Waals surface area contributed by atoms with Gasteiger partial charge in [0.1, 0.15) is 0 Å². The van der Waals surface area contributed by atoms with E-state index in [0.717, 1.165) is 25.5 Å². The molecule has 1 atom stereocenters. The molecule has 1 aliphatic heterocycles. The van der Waals surface area contributed by atoms with Crippen LogP contribution in [-0.4, -0.2) is 44.9 Å². The second kappa shape index (κ2) is 8.92. The number of halogens is 1. The van der Waals surface area contributed by atoms with E-state index in [1.807, 2.05) is 0 Å². The van der Waals surface area contributed by atoms with Gasteiger partial charge in [-0.2, -0.15) is 0 Å². The number of carbonyl (C=O) groups is 1.